The van der Waals surface area contributed by atoms with Gasteiger partial charge in [-0.3, -0.25) is 19.2 Å². The number of benzene rings is 3. The van der Waals surface area contributed by atoms with Crippen LogP contribution in [0, 0.1) is 5.82 Å². The molecule has 1 fully saturated rings. The first-order valence-electron chi connectivity index (χ1n) is 16.8. The summed E-state index contributed by atoms with van der Waals surface area (Å²) in [4.78, 5) is 51.6. The molecule has 1 saturated carbocycles. The molecule has 1 heterocycles. The van der Waals surface area contributed by atoms with Gasteiger partial charge in [0.1, 0.15) is 17.2 Å². The maximum atomic E-state index is 13.8. The molecule has 14 heteroatoms. The lowest BCUT2D eigenvalue weighted by Gasteiger charge is -2.35. The fourth-order valence-corrected chi connectivity index (χ4v) is 7.05. The molecular formula is C37H41FN4O8S. The summed E-state index contributed by atoms with van der Waals surface area (Å²) in [6.45, 7) is 3.12. The number of ether oxygens (including phenoxy) is 1. The van der Waals surface area contributed by atoms with Crippen LogP contribution < -0.4 is 15.0 Å². The van der Waals surface area contributed by atoms with Crippen molar-refractivity contribution in [2.24, 2.45) is 0 Å². The number of aryl methyl sites for hydroxylation is 1. The van der Waals surface area contributed by atoms with Gasteiger partial charge in [-0.1, -0.05) is 12.1 Å². The van der Waals surface area contributed by atoms with E-state index in [9.17, 15) is 32.0 Å². The second-order valence-electron chi connectivity index (χ2n) is 12.2. The van der Waals surface area contributed by atoms with Crippen molar-refractivity contribution in [1.29, 1.82) is 0 Å². The third kappa shape index (κ3) is 8.56. The maximum absolute atomic E-state index is 13.8. The van der Waals surface area contributed by atoms with Gasteiger partial charge in [0, 0.05) is 42.6 Å². The van der Waals surface area contributed by atoms with Crippen molar-refractivity contribution in [3.63, 3.8) is 0 Å². The lowest BCUT2D eigenvalue weighted by Crippen LogP contribution is -2.52. The summed E-state index contributed by atoms with van der Waals surface area (Å²) in [5, 5.41) is 6.72. The molecule has 5 rings (SSSR count). The topological polar surface area (TPSA) is 155 Å². The van der Waals surface area contributed by atoms with Crippen molar-refractivity contribution in [2.75, 3.05) is 37.4 Å². The number of furan rings is 1. The number of sulfonamides is 1. The van der Waals surface area contributed by atoms with E-state index in [0.717, 1.165) is 34.1 Å². The number of nitrogens with one attached hydrogen (secondary N) is 2. The van der Waals surface area contributed by atoms with Gasteiger partial charge in [0.05, 0.1) is 30.7 Å². The molecule has 0 spiro atoms. The normalized spacial score (nSPS) is 12.7. The highest BCUT2D eigenvalue weighted by Crippen LogP contribution is 2.48. The number of hydrazine groups is 1. The Morgan fingerprint density at radius 3 is 2.35 bits per heavy atom. The molecule has 0 atom stereocenters. The number of nitrogens with zero attached hydrogens (tertiary/aromatic N) is 2. The number of anilines is 1. The molecule has 0 bridgehead atoms. The smallest absolute Gasteiger partial charge is 0.305 e. The zero-order valence-electron chi connectivity index (χ0n) is 29.0. The first kappa shape index (κ1) is 37.0. The summed E-state index contributed by atoms with van der Waals surface area (Å²) >= 11 is 0. The van der Waals surface area contributed by atoms with Gasteiger partial charge in [0.15, 0.2) is 0 Å². The zero-order chi connectivity index (χ0) is 36.9. The molecule has 0 unspecified atom stereocenters. The molecule has 270 valence electrons. The van der Waals surface area contributed by atoms with Crippen molar-refractivity contribution in [3.05, 3.63) is 88.7 Å². The van der Waals surface area contributed by atoms with Crippen LogP contribution in [0.3, 0.4) is 0 Å². The molecule has 1 aromatic heterocycles. The van der Waals surface area contributed by atoms with Gasteiger partial charge in [-0.25, -0.2) is 17.8 Å². The summed E-state index contributed by atoms with van der Waals surface area (Å²) in [5.74, 6) is -2.24. The fraction of sp³-hybridized carbons (Fsp3) is 0.351. The number of esters is 1. The van der Waals surface area contributed by atoms with Gasteiger partial charge in [0.2, 0.25) is 10.0 Å². The Kier molecular flexibility index (Phi) is 11.4. The Morgan fingerprint density at radius 1 is 1.00 bits per heavy atom. The second kappa shape index (κ2) is 15.8. The highest BCUT2D eigenvalue weighted by molar-refractivity contribution is 7.92. The highest BCUT2D eigenvalue weighted by atomic mass is 32.2. The minimum Gasteiger partial charge on any atom is -0.466 e. The summed E-state index contributed by atoms with van der Waals surface area (Å²) in [5.41, 5.74) is 2.80. The third-order valence-corrected chi connectivity index (χ3v) is 9.51. The number of hydrogen-bond acceptors (Lipinski definition) is 8. The molecule has 0 radical (unpaired) electrons. The molecular weight excluding hydrogens is 679 g/mol. The number of rotatable bonds is 15. The molecule has 12 nitrogen and oxygen atoms in total. The number of fused-ring (bicyclic) bond motifs is 1. The van der Waals surface area contributed by atoms with Gasteiger partial charge < -0.3 is 19.8 Å². The van der Waals surface area contributed by atoms with Crippen LogP contribution in [0.1, 0.15) is 77.3 Å². The van der Waals surface area contributed by atoms with Crippen LogP contribution in [0.5, 0.6) is 0 Å². The standard InChI is InChI=1S/C37H41FN4O8S/c1-5-41(32(43)22-40-36(45)26-11-7-9-23(19-26)10-8-12-33(44)49-6-2)42(51(4,47)48)30-21-31-29(20-28(30)24-13-14-24)34(37(46)39-3)35(50-31)25-15-17-27(38)18-16-25/h7,9,11,15-21,24H,5-6,8,10,12-14,22H2,1-4H3,(H,39,46)(H,40,45). The van der Waals surface area contributed by atoms with Gasteiger partial charge in [-0.15, -0.1) is 0 Å². The Balaban J connectivity index is 1.43. The average Bonchev–Trinajstić information content (AvgIpc) is 3.88. The number of carbonyl (C=O) groups is 4. The predicted octanol–water partition coefficient (Wildman–Crippen LogP) is 5.32. The SMILES string of the molecule is CCOC(=O)CCCc1cccc(C(=O)NCC(=O)N(CC)N(c2cc3oc(-c4ccc(F)cc4)c(C(=O)NC)c3cc2C2CC2)S(C)(=O)=O)c1. The second-order valence-corrected chi connectivity index (χ2v) is 14.0. The van der Waals surface area contributed by atoms with Crippen molar-refractivity contribution < 1.29 is 41.1 Å². The Hall–Kier alpha value is -5.24. The van der Waals surface area contributed by atoms with Crippen LogP contribution in [-0.4, -0.2) is 70.1 Å². The van der Waals surface area contributed by atoms with Crippen molar-refractivity contribution >= 4 is 50.4 Å². The van der Waals surface area contributed by atoms with Crippen LogP contribution in [0.2, 0.25) is 0 Å². The summed E-state index contributed by atoms with van der Waals surface area (Å²) in [6.07, 6.45) is 3.87. The number of likely N-dealkylation sites (N-methyl/N-ethyl adjacent to an activating group) is 1. The van der Waals surface area contributed by atoms with Crippen molar-refractivity contribution in [1.82, 2.24) is 15.6 Å². The zero-order valence-corrected chi connectivity index (χ0v) is 29.8. The molecule has 0 saturated heterocycles. The minimum absolute atomic E-state index is 0.0339. The van der Waals surface area contributed by atoms with E-state index in [2.05, 4.69) is 10.6 Å². The van der Waals surface area contributed by atoms with E-state index in [1.54, 1.807) is 38.1 Å². The van der Waals surface area contributed by atoms with Gasteiger partial charge in [0.25, 0.3) is 17.7 Å². The van der Waals surface area contributed by atoms with E-state index in [1.165, 1.54) is 37.4 Å². The van der Waals surface area contributed by atoms with Gasteiger partial charge >= 0.3 is 5.97 Å². The predicted molar refractivity (Wildman–Crippen MR) is 190 cm³/mol. The summed E-state index contributed by atoms with van der Waals surface area (Å²) in [7, 11) is -2.66. The van der Waals surface area contributed by atoms with Crippen molar-refractivity contribution in [2.45, 2.75) is 51.9 Å². The van der Waals surface area contributed by atoms with E-state index < -0.39 is 40.1 Å². The summed E-state index contributed by atoms with van der Waals surface area (Å²) in [6, 6.07) is 15.5. The number of amides is 3. The van der Waals surface area contributed by atoms with Crippen LogP contribution in [0.25, 0.3) is 22.3 Å². The first-order valence-corrected chi connectivity index (χ1v) is 18.6. The van der Waals surface area contributed by atoms with E-state index in [1.807, 2.05) is 6.07 Å². The van der Waals surface area contributed by atoms with Crippen LogP contribution in [0.4, 0.5) is 10.1 Å². The quantitative estimate of drug-likeness (QED) is 0.124. The highest BCUT2D eigenvalue weighted by Gasteiger charge is 2.36. The lowest BCUT2D eigenvalue weighted by atomic mass is 10.0. The van der Waals surface area contributed by atoms with E-state index >= 15 is 0 Å². The number of carbonyl (C=O) groups excluding carboxylic acids is 4. The van der Waals surface area contributed by atoms with Crippen molar-refractivity contribution in [3.8, 4) is 11.3 Å². The number of hydrogen-bond donors (Lipinski definition) is 2. The van der Waals surface area contributed by atoms with E-state index in [-0.39, 0.29) is 47.4 Å². The lowest BCUT2D eigenvalue weighted by molar-refractivity contribution is -0.143. The molecule has 1 aliphatic rings. The fourth-order valence-electron chi connectivity index (χ4n) is 5.97. The van der Waals surface area contributed by atoms with E-state index in [0.29, 0.717) is 41.5 Å². The third-order valence-electron chi connectivity index (χ3n) is 8.48. The van der Waals surface area contributed by atoms with E-state index in [4.69, 9.17) is 9.15 Å². The van der Waals surface area contributed by atoms with Crippen LogP contribution >= 0.6 is 0 Å². The number of halogens is 1. The molecule has 2 N–H and O–H groups in total. The molecule has 4 aromatic rings. The molecule has 3 aromatic carbocycles. The Labute approximate surface area is 295 Å². The molecule has 1 aliphatic carbocycles. The van der Waals surface area contributed by atoms with Crippen LogP contribution in [0.15, 0.2) is 65.1 Å². The minimum atomic E-state index is -4.14. The average molecular weight is 721 g/mol. The van der Waals surface area contributed by atoms with Gasteiger partial charge in [-0.05, 0) is 99.0 Å². The largest absolute Gasteiger partial charge is 0.466 e. The first-order chi connectivity index (χ1) is 24.4. The maximum Gasteiger partial charge on any atom is 0.305 e. The Bertz CT molecular complexity index is 2060. The Morgan fingerprint density at radius 2 is 1.73 bits per heavy atom. The monoisotopic (exact) mass is 720 g/mol. The molecule has 0 aliphatic heterocycles. The molecule has 3 amide bonds. The van der Waals surface area contributed by atoms with Crippen LogP contribution in [-0.2, 0) is 30.8 Å². The summed E-state index contributed by atoms with van der Waals surface area (Å²) < 4.78 is 52.8. The van der Waals surface area contributed by atoms with Gasteiger partial charge in [-0.2, -0.15) is 4.41 Å². The molecule has 51 heavy (non-hydrogen) atoms.